The fraction of sp³-hybridized carbons (Fsp3) is 0.435. The molecule has 2 aromatic carbocycles. The summed E-state index contributed by atoms with van der Waals surface area (Å²) in [7, 11) is -7.22. The molecule has 9 nitrogen and oxygen atoms in total. The van der Waals surface area contributed by atoms with Gasteiger partial charge in [0.25, 0.3) is 5.91 Å². The molecule has 1 amide bonds. The van der Waals surface area contributed by atoms with Gasteiger partial charge < -0.3 is 10.1 Å². The maximum absolute atomic E-state index is 12.9. The van der Waals surface area contributed by atoms with E-state index in [1.807, 2.05) is 6.92 Å². The first-order valence-electron chi connectivity index (χ1n) is 11.2. The van der Waals surface area contributed by atoms with Gasteiger partial charge in [0.15, 0.2) is 6.10 Å². The molecule has 184 valence electrons. The zero-order chi connectivity index (χ0) is 24.5. The van der Waals surface area contributed by atoms with E-state index in [1.54, 1.807) is 18.2 Å². The van der Waals surface area contributed by atoms with E-state index in [1.165, 1.54) is 32.9 Å². The summed E-state index contributed by atoms with van der Waals surface area (Å²) in [6.07, 6.45) is 3.78. The van der Waals surface area contributed by atoms with Crippen LogP contribution in [0.3, 0.4) is 0 Å². The minimum Gasteiger partial charge on any atom is -0.476 e. The first-order valence-corrected chi connectivity index (χ1v) is 14.5. The Labute approximate surface area is 200 Å². The second-order valence-corrected chi connectivity index (χ2v) is 12.5. The minimum absolute atomic E-state index is 0.164. The average Bonchev–Trinajstić information content (AvgIpc) is 3.08. The lowest BCUT2D eigenvalue weighted by atomic mass is 10.1. The molecule has 1 N–H and O–H groups in total. The standard InChI is InChI=1S/C23H29N3O6S2/c1-17-7-12-21-20(15-17)26(33(2,28)29)16-22(32-21)23(27)24-18-8-10-19(11-9-18)34(30,31)25-13-5-3-4-6-14-25/h7-12,15,22H,3-6,13-14,16H2,1-2H3,(H,24,27). The first-order chi connectivity index (χ1) is 16.1. The maximum Gasteiger partial charge on any atom is 0.267 e. The fourth-order valence-corrected chi connectivity index (χ4v) is 6.60. The molecular weight excluding hydrogens is 478 g/mol. The highest BCUT2D eigenvalue weighted by Crippen LogP contribution is 2.36. The monoisotopic (exact) mass is 507 g/mol. The van der Waals surface area contributed by atoms with Crippen LogP contribution in [0.2, 0.25) is 0 Å². The van der Waals surface area contributed by atoms with Crippen molar-refractivity contribution in [2.45, 2.75) is 43.6 Å². The maximum atomic E-state index is 12.9. The number of nitrogens with zero attached hydrogens (tertiary/aromatic N) is 2. The number of amides is 1. The molecule has 2 aliphatic heterocycles. The zero-order valence-electron chi connectivity index (χ0n) is 19.2. The van der Waals surface area contributed by atoms with Crippen molar-refractivity contribution < 1.29 is 26.4 Å². The van der Waals surface area contributed by atoms with Gasteiger partial charge in [-0.2, -0.15) is 4.31 Å². The van der Waals surface area contributed by atoms with Crippen molar-refractivity contribution in [1.29, 1.82) is 0 Å². The second kappa shape index (κ2) is 9.55. The summed E-state index contributed by atoms with van der Waals surface area (Å²) in [5.74, 6) is -0.218. The number of benzene rings is 2. The topological polar surface area (TPSA) is 113 Å². The summed E-state index contributed by atoms with van der Waals surface area (Å²) < 4.78 is 59.1. The van der Waals surface area contributed by atoms with Gasteiger partial charge >= 0.3 is 0 Å². The Balaban J connectivity index is 1.49. The lowest BCUT2D eigenvalue weighted by molar-refractivity contribution is -0.122. The summed E-state index contributed by atoms with van der Waals surface area (Å²) in [5.41, 5.74) is 1.66. The summed E-state index contributed by atoms with van der Waals surface area (Å²) in [6, 6.07) is 11.1. The Hall–Kier alpha value is -2.63. The number of aryl methyl sites for hydroxylation is 1. The number of hydrogen-bond donors (Lipinski definition) is 1. The van der Waals surface area contributed by atoms with Gasteiger partial charge in [-0.05, 0) is 61.7 Å². The third kappa shape index (κ3) is 5.21. The number of anilines is 2. The summed E-state index contributed by atoms with van der Waals surface area (Å²) in [6.45, 7) is 2.70. The second-order valence-electron chi connectivity index (χ2n) is 8.70. The molecule has 2 aliphatic rings. The highest BCUT2D eigenvalue weighted by Gasteiger charge is 2.35. The molecule has 2 aromatic rings. The van der Waals surface area contributed by atoms with Crippen LogP contribution in [-0.2, 0) is 24.8 Å². The molecule has 1 fully saturated rings. The van der Waals surface area contributed by atoms with Crippen molar-refractivity contribution in [1.82, 2.24) is 4.31 Å². The van der Waals surface area contributed by atoms with Gasteiger partial charge in [-0.1, -0.05) is 18.9 Å². The molecule has 0 aliphatic carbocycles. The Morgan fingerprint density at radius 1 is 0.971 bits per heavy atom. The Morgan fingerprint density at radius 3 is 2.24 bits per heavy atom. The lowest BCUT2D eigenvalue weighted by Crippen LogP contribution is -2.48. The Kier molecular flexibility index (Phi) is 6.88. The molecule has 0 spiro atoms. The van der Waals surface area contributed by atoms with E-state index in [-0.39, 0.29) is 11.4 Å². The van der Waals surface area contributed by atoms with Crippen LogP contribution < -0.4 is 14.4 Å². The Bertz CT molecular complexity index is 1270. The number of fused-ring (bicyclic) bond motifs is 1. The molecular formula is C23H29N3O6S2. The van der Waals surface area contributed by atoms with Crippen molar-refractivity contribution in [2.24, 2.45) is 0 Å². The number of sulfonamides is 2. The summed E-state index contributed by atoms with van der Waals surface area (Å²) >= 11 is 0. The van der Waals surface area contributed by atoms with Gasteiger partial charge in [-0.3, -0.25) is 9.10 Å². The molecule has 0 bridgehead atoms. The van der Waals surface area contributed by atoms with E-state index in [0.717, 1.165) is 37.5 Å². The number of ether oxygens (including phenoxy) is 1. The fourth-order valence-electron chi connectivity index (χ4n) is 4.18. The van der Waals surface area contributed by atoms with E-state index >= 15 is 0 Å². The van der Waals surface area contributed by atoms with Crippen molar-refractivity contribution in [2.75, 3.05) is 35.5 Å². The first kappa shape index (κ1) is 24.5. The molecule has 34 heavy (non-hydrogen) atoms. The summed E-state index contributed by atoms with van der Waals surface area (Å²) in [5, 5.41) is 2.70. The van der Waals surface area contributed by atoms with E-state index < -0.39 is 32.1 Å². The summed E-state index contributed by atoms with van der Waals surface area (Å²) in [4.78, 5) is 13.1. The third-order valence-electron chi connectivity index (χ3n) is 6.00. The van der Waals surface area contributed by atoms with Gasteiger partial charge in [-0.15, -0.1) is 0 Å². The molecule has 2 heterocycles. The van der Waals surface area contributed by atoms with E-state index in [4.69, 9.17) is 4.74 Å². The molecule has 0 aromatic heterocycles. The van der Waals surface area contributed by atoms with Crippen LogP contribution in [0.5, 0.6) is 5.75 Å². The number of hydrogen-bond acceptors (Lipinski definition) is 6. The van der Waals surface area contributed by atoms with E-state index in [2.05, 4.69) is 5.32 Å². The van der Waals surface area contributed by atoms with Gasteiger partial charge in [0.2, 0.25) is 20.0 Å². The van der Waals surface area contributed by atoms with Crippen LogP contribution in [-0.4, -0.2) is 59.0 Å². The van der Waals surface area contributed by atoms with Crippen molar-refractivity contribution in [3.8, 4) is 5.75 Å². The lowest BCUT2D eigenvalue weighted by Gasteiger charge is -2.34. The average molecular weight is 508 g/mol. The van der Waals surface area contributed by atoms with Gasteiger partial charge in [0.05, 0.1) is 23.4 Å². The number of nitrogens with one attached hydrogen (secondary N) is 1. The van der Waals surface area contributed by atoms with Crippen LogP contribution in [0.4, 0.5) is 11.4 Å². The molecule has 0 radical (unpaired) electrons. The number of rotatable bonds is 5. The molecule has 0 saturated carbocycles. The highest BCUT2D eigenvalue weighted by atomic mass is 32.2. The van der Waals surface area contributed by atoms with Gasteiger partial charge in [0.1, 0.15) is 5.75 Å². The van der Waals surface area contributed by atoms with Crippen LogP contribution in [0.1, 0.15) is 31.2 Å². The Morgan fingerprint density at radius 2 is 1.62 bits per heavy atom. The normalized spacial score (nSPS) is 19.6. The SMILES string of the molecule is Cc1ccc2c(c1)N(S(C)(=O)=O)CC(C(=O)Nc1ccc(S(=O)(=O)N3CCCCCC3)cc1)O2. The minimum atomic E-state index is -3.63. The van der Waals surface area contributed by atoms with E-state index in [9.17, 15) is 21.6 Å². The van der Waals surface area contributed by atoms with Crippen molar-refractivity contribution in [3.05, 3.63) is 48.0 Å². The largest absolute Gasteiger partial charge is 0.476 e. The predicted molar refractivity (Wildman–Crippen MR) is 130 cm³/mol. The molecule has 1 atom stereocenters. The molecule has 1 unspecified atom stereocenters. The third-order valence-corrected chi connectivity index (χ3v) is 9.06. The zero-order valence-corrected chi connectivity index (χ0v) is 20.9. The van der Waals surface area contributed by atoms with Crippen LogP contribution in [0.15, 0.2) is 47.4 Å². The van der Waals surface area contributed by atoms with E-state index in [0.29, 0.717) is 30.2 Å². The molecule has 11 heteroatoms. The molecule has 1 saturated heterocycles. The quantitative estimate of drug-likeness (QED) is 0.666. The predicted octanol–water partition coefficient (Wildman–Crippen LogP) is 2.73. The van der Waals surface area contributed by atoms with Crippen LogP contribution in [0, 0.1) is 6.92 Å². The highest BCUT2D eigenvalue weighted by molar-refractivity contribution is 7.92. The van der Waals surface area contributed by atoms with Gasteiger partial charge in [-0.25, -0.2) is 16.8 Å². The van der Waals surface area contributed by atoms with Crippen LogP contribution >= 0.6 is 0 Å². The number of carbonyl (C=O) groups is 1. The van der Waals surface area contributed by atoms with Gasteiger partial charge in [0, 0.05) is 18.8 Å². The van der Waals surface area contributed by atoms with Crippen molar-refractivity contribution >= 4 is 37.3 Å². The molecule has 4 rings (SSSR count). The van der Waals surface area contributed by atoms with Crippen LogP contribution in [0.25, 0.3) is 0 Å². The smallest absolute Gasteiger partial charge is 0.267 e. The number of carbonyl (C=O) groups excluding carboxylic acids is 1. The van der Waals surface area contributed by atoms with Crippen molar-refractivity contribution in [3.63, 3.8) is 0 Å².